The van der Waals surface area contributed by atoms with Crippen molar-refractivity contribution in [2.24, 2.45) is 0 Å². The molecule has 1 fully saturated rings. The SMILES string of the molecule is CCCCCCOc1ccc(Br)cc1/C=C1/SC(=S)NC1=O. The van der Waals surface area contributed by atoms with Gasteiger partial charge in [-0.2, -0.15) is 0 Å². The van der Waals surface area contributed by atoms with E-state index in [0.29, 0.717) is 15.8 Å². The van der Waals surface area contributed by atoms with Crippen LogP contribution < -0.4 is 10.1 Å². The molecule has 0 atom stereocenters. The second-order valence-corrected chi connectivity index (χ2v) is 7.58. The van der Waals surface area contributed by atoms with Crippen molar-refractivity contribution < 1.29 is 9.53 Å². The summed E-state index contributed by atoms with van der Waals surface area (Å²) in [7, 11) is 0. The third-order valence-electron chi connectivity index (χ3n) is 3.16. The summed E-state index contributed by atoms with van der Waals surface area (Å²) < 4.78 is 7.31. The summed E-state index contributed by atoms with van der Waals surface area (Å²) in [5.41, 5.74) is 0.882. The molecule has 0 unspecified atom stereocenters. The van der Waals surface area contributed by atoms with Crippen molar-refractivity contribution in [1.29, 1.82) is 0 Å². The Morgan fingerprint density at radius 2 is 2.18 bits per heavy atom. The van der Waals surface area contributed by atoms with Gasteiger partial charge in [0.05, 0.1) is 11.5 Å². The van der Waals surface area contributed by atoms with Gasteiger partial charge in [-0.1, -0.05) is 66.1 Å². The number of hydrogen-bond donors (Lipinski definition) is 1. The van der Waals surface area contributed by atoms with Crippen LogP contribution in [0.3, 0.4) is 0 Å². The van der Waals surface area contributed by atoms with Gasteiger partial charge < -0.3 is 10.1 Å². The normalized spacial score (nSPS) is 16.2. The molecule has 0 aromatic heterocycles. The van der Waals surface area contributed by atoms with E-state index in [1.54, 1.807) is 0 Å². The summed E-state index contributed by atoms with van der Waals surface area (Å²) in [5.74, 6) is 0.641. The predicted molar refractivity (Wildman–Crippen MR) is 100 cm³/mol. The Kier molecular flexibility index (Phi) is 6.92. The van der Waals surface area contributed by atoms with Gasteiger partial charge in [-0.3, -0.25) is 4.79 Å². The van der Waals surface area contributed by atoms with Crippen LogP contribution in [0.25, 0.3) is 6.08 Å². The van der Waals surface area contributed by atoms with Gasteiger partial charge >= 0.3 is 0 Å². The lowest BCUT2D eigenvalue weighted by molar-refractivity contribution is -0.115. The maximum atomic E-state index is 11.8. The number of ether oxygens (including phenoxy) is 1. The standard InChI is InChI=1S/C16H18BrNO2S2/c1-2-3-4-5-8-20-13-7-6-12(17)9-11(13)10-14-15(19)18-16(21)22-14/h6-7,9-10H,2-5,8H2,1H3,(H,18,19,21)/b14-10+. The monoisotopic (exact) mass is 399 g/mol. The van der Waals surface area contributed by atoms with E-state index in [4.69, 9.17) is 17.0 Å². The van der Waals surface area contributed by atoms with Crippen LogP contribution in [0.2, 0.25) is 0 Å². The van der Waals surface area contributed by atoms with E-state index < -0.39 is 0 Å². The van der Waals surface area contributed by atoms with Gasteiger partial charge in [0.25, 0.3) is 5.91 Å². The molecule has 22 heavy (non-hydrogen) atoms. The third-order valence-corrected chi connectivity index (χ3v) is 4.81. The number of halogens is 1. The second kappa shape index (κ2) is 8.70. The molecule has 6 heteroatoms. The van der Waals surface area contributed by atoms with Crippen LogP contribution in [0.5, 0.6) is 5.75 Å². The summed E-state index contributed by atoms with van der Waals surface area (Å²) in [5, 5.41) is 2.62. The molecule has 0 spiro atoms. The summed E-state index contributed by atoms with van der Waals surface area (Å²) in [6.45, 7) is 2.88. The third kappa shape index (κ3) is 5.11. The average molecular weight is 400 g/mol. The molecule has 1 aromatic rings. The number of thiocarbonyl (C=S) groups is 1. The first kappa shape index (κ1) is 17.5. The van der Waals surface area contributed by atoms with Gasteiger partial charge in [-0.15, -0.1) is 0 Å². The van der Waals surface area contributed by atoms with Gasteiger partial charge in [0.1, 0.15) is 10.1 Å². The Hall–Kier alpha value is -0.850. The Bertz CT molecular complexity index is 602. The smallest absolute Gasteiger partial charge is 0.263 e. The Labute approximate surface area is 149 Å². The summed E-state index contributed by atoms with van der Waals surface area (Å²) in [6.07, 6.45) is 6.48. The number of unbranched alkanes of at least 4 members (excludes halogenated alkanes) is 3. The first-order valence-corrected chi connectivity index (χ1v) is 9.29. The molecule has 1 amide bonds. The number of carbonyl (C=O) groups is 1. The first-order chi connectivity index (χ1) is 10.6. The van der Waals surface area contributed by atoms with E-state index in [2.05, 4.69) is 28.2 Å². The van der Waals surface area contributed by atoms with Crippen LogP contribution in [0.1, 0.15) is 38.2 Å². The fourth-order valence-electron chi connectivity index (χ4n) is 2.04. The van der Waals surface area contributed by atoms with Crippen molar-refractivity contribution in [2.45, 2.75) is 32.6 Å². The molecular formula is C16H18BrNO2S2. The number of carbonyl (C=O) groups excluding carboxylic acids is 1. The van der Waals surface area contributed by atoms with Crippen LogP contribution in [0.4, 0.5) is 0 Å². The van der Waals surface area contributed by atoms with Crippen molar-refractivity contribution in [3.05, 3.63) is 33.1 Å². The fraction of sp³-hybridized carbons (Fsp3) is 0.375. The van der Waals surface area contributed by atoms with Crippen LogP contribution in [-0.2, 0) is 4.79 Å². The van der Waals surface area contributed by atoms with Crippen molar-refractivity contribution in [3.8, 4) is 5.75 Å². The topological polar surface area (TPSA) is 38.3 Å². The maximum Gasteiger partial charge on any atom is 0.263 e. The summed E-state index contributed by atoms with van der Waals surface area (Å²) >= 11 is 9.74. The molecule has 0 radical (unpaired) electrons. The van der Waals surface area contributed by atoms with E-state index in [1.807, 2.05) is 24.3 Å². The van der Waals surface area contributed by atoms with Crippen molar-refractivity contribution in [3.63, 3.8) is 0 Å². The van der Waals surface area contributed by atoms with Crippen molar-refractivity contribution in [1.82, 2.24) is 5.32 Å². The Morgan fingerprint density at radius 1 is 1.36 bits per heavy atom. The van der Waals surface area contributed by atoms with E-state index in [0.717, 1.165) is 22.2 Å². The van der Waals surface area contributed by atoms with E-state index in [9.17, 15) is 4.79 Å². The molecule has 0 aliphatic carbocycles. The largest absolute Gasteiger partial charge is 0.493 e. The lowest BCUT2D eigenvalue weighted by atomic mass is 10.2. The van der Waals surface area contributed by atoms with E-state index in [-0.39, 0.29) is 5.91 Å². The molecule has 2 rings (SSSR count). The van der Waals surface area contributed by atoms with Gasteiger partial charge in [0.15, 0.2) is 0 Å². The van der Waals surface area contributed by atoms with E-state index >= 15 is 0 Å². The maximum absolute atomic E-state index is 11.8. The van der Waals surface area contributed by atoms with Crippen LogP contribution in [-0.4, -0.2) is 16.8 Å². The molecule has 1 aromatic carbocycles. The number of hydrogen-bond acceptors (Lipinski definition) is 4. The molecule has 1 aliphatic rings. The number of amides is 1. The highest BCUT2D eigenvalue weighted by molar-refractivity contribution is 9.10. The second-order valence-electron chi connectivity index (χ2n) is 4.94. The fourth-order valence-corrected chi connectivity index (χ4v) is 3.45. The minimum atomic E-state index is -0.149. The Morgan fingerprint density at radius 3 is 2.86 bits per heavy atom. The lowest BCUT2D eigenvalue weighted by Gasteiger charge is -2.10. The molecule has 3 nitrogen and oxygen atoms in total. The minimum Gasteiger partial charge on any atom is -0.493 e. The summed E-state index contributed by atoms with van der Waals surface area (Å²) in [4.78, 5) is 12.4. The van der Waals surface area contributed by atoms with Gasteiger partial charge in [-0.25, -0.2) is 0 Å². The van der Waals surface area contributed by atoms with Crippen molar-refractivity contribution in [2.75, 3.05) is 6.61 Å². The molecule has 0 saturated carbocycles. The molecule has 1 N–H and O–H groups in total. The van der Waals surface area contributed by atoms with E-state index in [1.165, 1.54) is 31.0 Å². The number of benzene rings is 1. The predicted octanol–water partition coefficient (Wildman–Crippen LogP) is 4.90. The average Bonchev–Trinajstić information content (AvgIpc) is 2.79. The lowest BCUT2D eigenvalue weighted by Crippen LogP contribution is -2.17. The zero-order valence-corrected chi connectivity index (χ0v) is 15.6. The highest BCUT2D eigenvalue weighted by atomic mass is 79.9. The molecule has 118 valence electrons. The van der Waals surface area contributed by atoms with Crippen LogP contribution in [0, 0.1) is 0 Å². The zero-order chi connectivity index (χ0) is 15.9. The highest BCUT2D eigenvalue weighted by Gasteiger charge is 2.22. The Balaban J connectivity index is 2.09. The molecule has 1 aliphatic heterocycles. The van der Waals surface area contributed by atoms with Crippen LogP contribution in [0.15, 0.2) is 27.6 Å². The quantitative estimate of drug-likeness (QED) is 0.402. The number of nitrogens with one attached hydrogen (secondary N) is 1. The summed E-state index contributed by atoms with van der Waals surface area (Å²) in [6, 6.07) is 5.81. The minimum absolute atomic E-state index is 0.149. The molecular weight excluding hydrogens is 382 g/mol. The highest BCUT2D eigenvalue weighted by Crippen LogP contribution is 2.31. The zero-order valence-electron chi connectivity index (χ0n) is 12.4. The van der Waals surface area contributed by atoms with Crippen LogP contribution >= 0.6 is 39.9 Å². The first-order valence-electron chi connectivity index (χ1n) is 7.27. The van der Waals surface area contributed by atoms with Gasteiger partial charge in [0.2, 0.25) is 0 Å². The number of rotatable bonds is 7. The van der Waals surface area contributed by atoms with Crippen molar-refractivity contribution >= 4 is 56.2 Å². The van der Waals surface area contributed by atoms with Gasteiger partial charge in [-0.05, 0) is 30.7 Å². The molecule has 1 saturated heterocycles. The van der Waals surface area contributed by atoms with Gasteiger partial charge in [0, 0.05) is 10.0 Å². The molecule has 1 heterocycles. The molecule has 0 bridgehead atoms. The number of thioether (sulfide) groups is 1.